The van der Waals surface area contributed by atoms with Crippen LogP contribution in [0.15, 0.2) is 72.0 Å². The van der Waals surface area contributed by atoms with E-state index in [-0.39, 0.29) is 22.7 Å². The molecular formula is C39H52ClNO3. The van der Waals surface area contributed by atoms with Gasteiger partial charge in [-0.3, -0.25) is 0 Å². The van der Waals surface area contributed by atoms with Gasteiger partial charge in [-0.1, -0.05) is 79.9 Å². The summed E-state index contributed by atoms with van der Waals surface area (Å²) in [6.07, 6.45) is 8.77. The van der Waals surface area contributed by atoms with Gasteiger partial charge in [-0.25, -0.2) is 0 Å². The van der Waals surface area contributed by atoms with E-state index in [1.807, 2.05) is 31.2 Å². The first-order valence-corrected chi connectivity index (χ1v) is 17.2. The molecule has 2 aromatic carbocycles. The van der Waals surface area contributed by atoms with Gasteiger partial charge in [-0.05, 0) is 105 Å². The van der Waals surface area contributed by atoms with Gasteiger partial charge in [0.05, 0.1) is 19.3 Å². The predicted octanol–water partition coefficient (Wildman–Crippen LogP) is 9.82. The normalized spacial score (nSPS) is 33.4. The Morgan fingerprint density at radius 2 is 1.61 bits per heavy atom. The monoisotopic (exact) mass is 617 g/mol. The number of halogens is 1. The number of ether oxygens (including phenoxy) is 2. The Morgan fingerprint density at radius 1 is 0.932 bits per heavy atom. The van der Waals surface area contributed by atoms with Gasteiger partial charge < -0.3 is 19.9 Å². The molecule has 2 N–H and O–H groups in total. The number of aliphatic hydroxyl groups is 1. The lowest BCUT2D eigenvalue weighted by atomic mass is 9.52. The Morgan fingerprint density at radius 3 is 2.27 bits per heavy atom. The van der Waals surface area contributed by atoms with Crippen molar-refractivity contribution in [2.75, 3.05) is 18.5 Å². The smallest absolute Gasteiger partial charge is 0.169 e. The Kier molecular flexibility index (Phi) is 8.87. The van der Waals surface area contributed by atoms with Crippen LogP contribution in [0, 0.1) is 35.5 Å². The van der Waals surface area contributed by atoms with Crippen LogP contribution in [0.25, 0.3) is 0 Å². The van der Waals surface area contributed by atoms with Gasteiger partial charge in [0, 0.05) is 40.6 Å². The van der Waals surface area contributed by atoms with Crippen LogP contribution in [0.4, 0.5) is 5.69 Å². The second-order valence-electron chi connectivity index (χ2n) is 15.5. The number of hydrogen-bond acceptors (Lipinski definition) is 4. The number of aryl methyl sites for hydroxylation is 1. The first-order valence-electron chi connectivity index (χ1n) is 16.8. The molecule has 1 spiro atoms. The zero-order valence-corrected chi connectivity index (χ0v) is 28.2. The van der Waals surface area contributed by atoms with Gasteiger partial charge in [-0.2, -0.15) is 0 Å². The topological polar surface area (TPSA) is 50.7 Å². The molecule has 2 aromatic rings. The number of allylic oxidation sites excluding steroid dienone is 3. The molecule has 7 rings (SSSR count). The molecule has 0 aromatic heterocycles. The maximum Gasteiger partial charge on any atom is 0.169 e. The van der Waals surface area contributed by atoms with E-state index in [1.54, 1.807) is 11.1 Å². The highest BCUT2D eigenvalue weighted by molar-refractivity contribution is 6.30. The summed E-state index contributed by atoms with van der Waals surface area (Å²) in [6.45, 7) is 16.3. The van der Waals surface area contributed by atoms with E-state index >= 15 is 0 Å². The molecule has 4 fully saturated rings. The second kappa shape index (κ2) is 12.2. The summed E-state index contributed by atoms with van der Waals surface area (Å²) in [5, 5.41) is 14.9. The van der Waals surface area contributed by atoms with Crippen LogP contribution in [0.5, 0.6) is 0 Å². The molecule has 0 radical (unpaired) electrons. The fraction of sp³-hybridized carbons (Fsp3) is 0.590. The maximum absolute atomic E-state index is 11.1. The highest BCUT2D eigenvalue weighted by Crippen LogP contribution is 2.65. The number of fused-ring (bicyclic) bond motifs is 4. The third-order valence-electron chi connectivity index (χ3n) is 11.4. The minimum atomic E-state index is -0.358. The van der Waals surface area contributed by atoms with Gasteiger partial charge in [0.1, 0.15) is 0 Å². The summed E-state index contributed by atoms with van der Waals surface area (Å²) in [6, 6.07) is 16.8. The lowest BCUT2D eigenvalue weighted by molar-refractivity contribution is -0.312. The molecule has 5 aliphatic rings. The van der Waals surface area contributed by atoms with Crippen LogP contribution < -0.4 is 5.32 Å². The van der Waals surface area contributed by atoms with Crippen molar-refractivity contribution in [2.24, 2.45) is 28.6 Å². The van der Waals surface area contributed by atoms with Crippen LogP contribution in [0.3, 0.4) is 0 Å². The standard InChI is InChI=1S/C30H42O3.C9H10ClN/c1-19-5-7-20(8-6-19)24-16-29(4)25(11-12-26(29)31)23-10-9-21-15-30(14-13-22(21)27(23)24)32-17-28(2,3)18-33-30;1-7(2)11-9-5-3-8(10)4-6-9/h5-8,21,23-26,31H,9-18H2,1-4H3;3-6,11H,1H2,2H3. The van der Waals surface area contributed by atoms with Gasteiger partial charge in [-0.15, -0.1) is 0 Å². The Bertz CT molecular complexity index is 1370. The third-order valence-corrected chi connectivity index (χ3v) is 11.7. The van der Waals surface area contributed by atoms with Crippen molar-refractivity contribution in [1.29, 1.82) is 0 Å². The van der Waals surface area contributed by atoms with Gasteiger partial charge in [0.25, 0.3) is 0 Å². The largest absolute Gasteiger partial charge is 0.393 e. The lowest BCUT2D eigenvalue weighted by Crippen LogP contribution is -2.52. The van der Waals surface area contributed by atoms with E-state index in [4.69, 9.17) is 21.1 Å². The molecule has 0 bridgehead atoms. The first kappa shape index (κ1) is 31.9. The van der Waals surface area contributed by atoms with Crippen molar-refractivity contribution in [3.05, 3.63) is 88.1 Å². The van der Waals surface area contributed by atoms with E-state index in [0.717, 1.165) is 61.7 Å². The Labute approximate surface area is 270 Å². The van der Waals surface area contributed by atoms with Crippen molar-refractivity contribution in [2.45, 2.75) is 104 Å². The molecule has 6 unspecified atom stereocenters. The van der Waals surface area contributed by atoms with Crippen molar-refractivity contribution < 1.29 is 14.6 Å². The number of nitrogens with one attached hydrogen (secondary N) is 1. The molecule has 4 nitrogen and oxygen atoms in total. The molecule has 1 aliphatic heterocycles. The molecule has 4 aliphatic carbocycles. The van der Waals surface area contributed by atoms with Crippen molar-refractivity contribution in [3.8, 4) is 0 Å². The molecule has 3 saturated carbocycles. The average Bonchev–Trinajstić information content (AvgIpc) is 3.29. The lowest BCUT2D eigenvalue weighted by Gasteiger charge is -2.55. The molecule has 6 atom stereocenters. The summed E-state index contributed by atoms with van der Waals surface area (Å²) >= 11 is 5.70. The van der Waals surface area contributed by atoms with Crippen molar-refractivity contribution >= 4 is 17.3 Å². The molecule has 1 saturated heterocycles. The van der Waals surface area contributed by atoms with Crippen LogP contribution in [-0.2, 0) is 9.47 Å². The summed E-state index contributed by atoms with van der Waals surface area (Å²) < 4.78 is 12.9. The number of hydrogen-bond donors (Lipinski definition) is 2. The first-order chi connectivity index (χ1) is 20.9. The predicted molar refractivity (Wildman–Crippen MR) is 181 cm³/mol. The molecule has 0 amide bonds. The zero-order chi connectivity index (χ0) is 31.3. The van der Waals surface area contributed by atoms with Gasteiger partial charge in [0.2, 0.25) is 0 Å². The van der Waals surface area contributed by atoms with Gasteiger partial charge >= 0.3 is 0 Å². The molecule has 5 heteroatoms. The quantitative estimate of drug-likeness (QED) is 0.337. The maximum atomic E-state index is 11.1. The minimum absolute atomic E-state index is 0.0498. The highest BCUT2D eigenvalue weighted by Gasteiger charge is 2.57. The van der Waals surface area contributed by atoms with E-state index in [0.29, 0.717) is 23.7 Å². The SMILES string of the molecule is C=C(C)Nc1ccc(Cl)cc1.Cc1ccc(C2CC3(C)C(O)CCC3C3CCC4CC5(CCC4=C23)OCC(C)(C)CO5)cc1. The van der Waals surface area contributed by atoms with Crippen molar-refractivity contribution in [3.63, 3.8) is 0 Å². The average molecular weight is 618 g/mol. The summed E-state index contributed by atoms with van der Waals surface area (Å²) in [7, 11) is 0. The van der Waals surface area contributed by atoms with Crippen LogP contribution >= 0.6 is 11.6 Å². The summed E-state index contributed by atoms with van der Waals surface area (Å²) in [5.41, 5.74) is 8.39. The van der Waals surface area contributed by atoms with E-state index in [1.165, 1.54) is 30.4 Å². The number of aliphatic hydroxyl groups excluding tert-OH is 1. The van der Waals surface area contributed by atoms with Crippen LogP contribution in [0.1, 0.15) is 96.1 Å². The van der Waals surface area contributed by atoms with Crippen molar-refractivity contribution in [1.82, 2.24) is 0 Å². The fourth-order valence-electron chi connectivity index (χ4n) is 9.08. The Hall–Kier alpha value is -2.11. The van der Waals surface area contributed by atoms with E-state index in [9.17, 15) is 5.11 Å². The summed E-state index contributed by atoms with van der Waals surface area (Å²) in [4.78, 5) is 0. The number of benzene rings is 2. The van der Waals surface area contributed by atoms with E-state index < -0.39 is 0 Å². The van der Waals surface area contributed by atoms with Crippen LogP contribution in [0.2, 0.25) is 5.02 Å². The van der Waals surface area contributed by atoms with Gasteiger partial charge in [0.15, 0.2) is 5.79 Å². The fourth-order valence-corrected chi connectivity index (χ4v) is 9.20. The second-order valence-corrected chi connectivity index (χ2v) is 15.9. The third kappa shape index (κ3) is 6.30. The van der Waals surface area contributed by atoms with E-state index in [2.05, 4.69) is 63.9 Å². The molecule has 1 heterocycles. The Balaban J connectivity index is 0.000000265. The molecular weight excluding hydrogens is 566 g/mol. The molecule has 238 valence electrons. The number of anilines is 1. The zero-order valence-electron chi connectivity index (χ0n) is 27.4. The number of rotatable bonds is 3. The molecule has 44 heavy (non-hydrogen) atoms. The van der Waals surface area contributed by atoms with Crippen LogP contribution in [-0.4, -0.2) is 30.2 Å². The minimum Gasteiger partial charge on any atom is -0.393 e. The summed E-state index contributed by atoms with van der Waals surface area (Å²) in [5.74, 6) is 1.96. The highest BCUT2D eigenvalue weighted by atomic mass is 35.5.